The summed E-state index contributed by atoms with van der Waals surface area (Å²) in [5, 5.41) is 3.15. The van der Waals surface area contributed by atoms with E-state index in [9.17, 15) is 4.79 Å². The van der Waals surface area contributed by atoms with Gasteiger partial charge in [-0.05, 0) is 36.5 Å². The standard InChI is InChI=1S/C19H26N2O3S2/c1-13(2)18(14-5-6-15-16(11-14)24-10-9-23-15)20-17(22)12-26-19(25)21-7-3-4-8-21/h5-6,11,13,18H,3-4,7-10,12H2,1-2H3,(H,20,22)/t18-/m0/s1. The maximum atomic E-state index is 12.5. The molecule has 1 N–H and O–H groups in total. The molecule has 0 spiro atoms. The molecule has 1 saturated heterocycles. The number of carbonyl (C=O) groups is 1. The molecule has 0 aliphatic carbocycles. The molecule has 2 aliphatic heterocycles. The molecule has 1 atom stereocenters. The number of rotatable bonds is 5. The number of nitrogens with zero attached hydrogens (tertiary/aromatic N) is 1. The van der Waals surface area contributed by atoms with E-state index in [0.717, 1.165) is 34.5 Å². The quantitative estimate of drug-likeness (QED) is 0.773. The minimum atomic E-state index is -0.0701. The number of hydrogen-bond donors (Lipinski definition) is 1. The smallest absolute Gasteiger partial charge is 0.230 e. The number of fused-ring (bicyclic) bond motifs is 1. The van der Waals surface area contributed by atoms with Gasteiger partial charge in [-0.15, -0.1) is 0 Å². The molecule has 142 valence electrons. The second-order valence-corrected chi connectivity index (χ2v) is 8.55. The third kappa shape index (κ3) is 4.82. The first-order valence-electron chi connectivity index (χ1n) is 9.15. The van der Waals surface area contributed by atoms with Crippen LogP contribution in [-0.4, -0.2) is 47.2 Å². The van der Waals surface area contributed by atoms with E-state index in [-0.39, 0.29) is 17.9 Å². The third-order valence-corrected chi connectivity index (χ3v) is 6.12. The lowest BCUT2D eigenvalue weighted by Crippen LogP contribution is -2.34. The average Bonchev–Trinajstić information content (AvgIpc) is 3.18. The molecule has 3 rings (SSSR count). The van der Waals surface area contributed by atoms with Crippen molar-refractivity contribution in [2.24, 2.45) is 5.92 Å². The van der Waals surface area contributed by atoms with E-state index in [1.54, 1.807) is 0 Å². The number of ether oxygens (including phenoxy) is 2. The Hall–Kier alpha value is -1.47. The maximum absolute atomic E-state index is 12.5. The van der Waals surface area contributed by atoms with E-state index in [0.29, 0.717) is 19.0 Å². The molecule has 2 heterocycles. The summed E-state index contributed by atoms with van der Waals surface area (Å²) < 4.78 is 12.1. The van der Waals surface area contributed by atoms with Crippen LogP contribution >= 0.6 is 24.0 Å². The zero-order chi connectivity index (χ0) is 18.5. The van der Waals surface area contributed by atoms with Gasteiger partial charge >= 0.3 is 0 Å². The number of hydrogen-bond acceptors (Lipinski definition) is 5. The van der Waals surface area contributed by atoms with Crippen molar-refractivity contribution in [1.82, 2.24) is 10.2 Å². The average molecular weight is 395 g/mol. The summed E-state index contributed by atoms with van der Waals surface area (Å²) >= 11 is 6.89. The number of thioether (sulfide) groups is 1. The molecule has 26 heavy (non-hydrogen) atoms. The van der Waals surface area contributed by atoms with Crippen LogP contribution in [0.25, 0.3) is 0 Å². The predicted octanol–water partition coefficient (Wildman–Crippen LogP) is 3.39. The topological polar surface area (TPSA) is 50.8 Å². The Balaban J connectivity index is 1.59. The van der Waals surface area contributed by atoms with E-state index >= 15 is 0 Å². The van der Waals surface area contributed by atoms with Gasteiger partial charge in [-0.2, -0.15) is 0 Å². The molecule has 0 saturated carbocycles. The lowest BCUT2D eigenvalue weighted by Gasteiger charge is -2.25. The zero-order valence-corrected chi connectivity index (χ0v) is 17.0. The Kier molecular flexibility index (Phi) is 6.64. The van der Waals surface area contributed by atoms with E-state index in [1.807, 2.05) is 18.2 Å². The van der Waals surface area contributed by atoms with Gasteiger partial charge in [-0.3, -0.25) is 4.79 Å². The Morgan fingerprint density at radius 1 is 1.23 bits per heavy atom. The molecule has 1 aromatic rings. The molecule has 1 amide bonds. The number of carbonyl (C=O) groups excluding carboxylic acids is 1. The molecule has 1 fully saturated rings. The van der Waals surface area contributed by atoms with Crippen molar-refractivity contribution >= 4 is 34.2 Å². The summed E-state index contributed by atoms with van der Waals surface area (Å²) in [6.07, 6.45) is 2.37. The second kappa shape index (κ2) is 8.95. The SMILES string of the molecule is CC(C)[C@H](NC(=O)CSC(=S)N1CCCC1)c1ccc2c(c1)OCCO2. The van der Waals surface area contributed by atoms with Crippen LogP contribution in [0.5, 0.6) is 11.5 Å². The van der Waals surface area contributed by atoms with Crippen LogP contribution in [0.2, 0.25) is 0 Å². The normalized spacial score (nSPS) is 17.3. The second-order valence-electron chi connectivity index (χ2n) is 6.94. The van der Waals surface area contributed by atoms with Crippen molar-refractivity contribution in [2.45, 2.75) is 32.7 Å². The lowest BCUT2D eigenvalue weighted by molar-refractivity contribution is -0.119. The van der Waals surface area contributed by atoms with E-state index in [2.05, 4.69) is 24.1 Å². The van der Waals surface area contributed by atoms with Gasteiger partial charge in [0.1, 0.15) is 17.5 Å². The fourth-order valence-corrected chi connectivity index (χ4v) is 4.28. The van der Waals surface area contributed by atoms with E-state index in [4.69, 9.17) is 21.7 Å². The highest BCUT2D eigenvalue weighted by Gasteiger charge is 2.22. The highest BCUT2D eigenvalue weighted by Crippen LogP contribution is 2.34. The summed E-state index contributed by atoms with van der Waals surface area (Å²) in [5.41, 5.74) is 1.03. The highest BCUT2D eigenvalue weighted by molar-refractivity contribution is 8.23. The first kappa shape index (κ1) is 19.3. The molecule has 1 aromatic carbocycles. The summed E-state index contributed by atoms with van der Waals surface area (Å²) in [7, 11) is 0. The number of amides is 1. The molecule has 2 aliphatic rings. The predicted molar refractivity (Wildman–Crippen MR) is 109 cm³/mol. The van der Waals surface area contributed by atoms with Crippen LogP contribution in [-0.2, 0) is 4.79 Å². The number of benzene rings is 1. The van der Waals surface area contributed by atoms with Crippen LogP contribution in [0.4, 0.5) is 0 Å². The Bertz CT molecular complexity index is 660. The van der Waals surface area contributed by atoms with Crippen LogP contribution in [0.1, 0.15) is 38.3 Å². The summed E-state index contributed by atoms with van der Waals surface area (Å²) in [4.78, 5) is 14.7. The van der Waals surface area contributed by atoms with Crippen molar-refractivity contribution < 1.29 is 14.3 Å². The highest BCUT2D eigenvalue weighted by atomic mass is 32.2. The molecule has 0 radical (unpaired) electrons. The molecule has 0 aromatic heterocycles. The summed E-state index contributed by atoms with van der Waals surface area (Å²) in [5.74, 6) is 2.13. The van der Waals surface area contributed by atoms with Crippen LogP contribution in [0.15, 0.2) is 18.2 Å². The first-order valence-corrected chi connectivity index (χ1v) is 10.5. The van der Waals surface area contributed by atoms with Crippen molar-refractivity contribution in [3.8, 4) is 11.5 Å². The van der Waals surface area contributed by atoms with Crippen molar-refractivity contribution in [3.05, 3.63) is 23.8 Å². The molecular weight excluding hydrogens is 368 g/mol. The van der Waals surface area contributed by atoms with Gasteiger partial charge in [-0.1, -0.05) is 43.9 Å². The fraction of sp³-hybridized carbons (Fsp3) is 0.579. The van der Waals surface area contributed by atoms with Crippen LogP contribution in [0, 0.1) is 5.92 Å². The monoisotopic (exact) mass is 394 g/mol. The molecule has 0 unspecified atom stereocenters. The van der Waals surface area contributed by atoms with Gasteiger partial charge in [0, 0.05) is 13.1 Å². The molecule has 7 heteroatoms. The zero-order valence-electron chi connectivity index (χ0n) is 15.3. The van der Waals surface area contributed by atoms with Gasteiger partial charge in [0.25, 0.3) is 0 Å². The first-order chi connectivity index (χ1) is 12.5. The largest absolute Gasteiger partial charge is 0.486 e. The molecule has 0 bridgehead atoms. The van der Waals surface area contributed by atoms with E-state index in [1.165, 1.54) is 24.6 Å². The molecule has 5 nitrogen and oxygen atoms in total. The minimum Gasteiger partial charge on any atom is -0.486 e. The van der Waals surface area contributed by atoms with E-state index < -0.39 is 0 Å². The number of likely N-dealkylation sites (tertiary alicyclic amines) is 1. The van der Waals surface area contributed by atoms with Crippen LogP contribution < -0.4 is 14.8 Å². The van der Waals surface area contributed by atoms with Crippen molar-refractivity contribution in [1.29, 1.82) is 0 Å². The van der Waals surface area contributed by atoms with Crippen LogP contribution in [0.3, 0.4) is 0 Å². The van der Waals surface area contributed by atoms with Gasteiger partial charge in [0.05, 0.1) is 11.8 Å². The van der Waals surface area contributed by atoms with Gasteiger partial charge in [0.2, 0.25) is 5.91 Å². The molecular formula is C19H26N2O3S2. The van der Waals surface area contributed by atoms with Gasteiger partial charge in [-0.25, -0.2) is 0 Å². The lowest BCUT2D eigenvalue weighted by atomic mass is 9.95. The fourth-order valence-electron chi connectivity index (χ4n) is 3.22. The summed E-state index contributed by atoms with van der Waals surface area (Å²) in [6, 6.07) is 5.82. The van der Waals surface area contributed by atoms with Gasteiger partial charge in [0.15, 0.2) is 11.5 Å². The number of thiocarbonyl (C=S) groups is 1. The summed E-state index contributed by atoms with van der Waals surface area (Å²) in [6.45, 7) is 7.36. The Labute approximate surface area is 164 Å². The minimum absolute atomic E-state index is 0.00476. The van der Waals surface area contributed by atoms with Crippen molar-refractivity contribution in [3.63, 3.8) is 0 Å². The van der Waals surface area contributed by atoms with Crippen molar-refractivity contribution in [2.75, 3.05) is 32.1 Å². The Morgan fingerprint density at radius 3 is 2.62 bits per heavy atom. The van der Waals surface area contributed by atoms with Gasteiger partial charge < -0.3 is 19.7 Å². The number of nitrogens with one attached hydrogen (secondary N) is 1. The third-order valence-electron chi connectivity index (χ3n) is 4.60. The maximum Gasteiger partial charge on any atom is 0.230 e. The Morgan fingerprint density at radius 2 is 1.92 bits per heavy atom.